The highest BCUT2D eigenvalue weighted by Crippen LogP contribution is 2.24. The summed E-state index contributed by atoms with van der Waals surface area (Å²) in [6.45, 7) is 6.28. The van der Waals surface area contributed by atoms with E-state index < -0.39 is 5.97 Å². The molecule has 0 saturated heterocycles. The highest BCUT2D eigenvalue weighted by Gasteiger charge is 2.21. The average Bonchev–Trinajstić information content (AvgIpc) is 2.40. The Morgan fingerprint density at radius 2 is 2.06 bits per heavy atom. The molecule has 0 unspecified atom stereocenters. The number of carbonyl (C=O) groups is 1. The minimum Gasteiger partial charge on any atom is -0.464 e. The number of aromatic nitrogens is 1. The number of nitrogens with one attached hydrogen (secondary N) is 1. The molecule has 0 atom stereocenters. The molecule has 0 aliphatic carbocycles. The van der Waals surface area contributed by atoms with Gasteiger partial charge in [0.15, 0.2) is 11.5 Å². The summed E-state index contributed by atoms with van der Waals surface area (Å²) in [5.74, 6) is 0.0665. The Bertz CT molecular complexity index is 428. The Morgan fingerprint density at radius 3 is 2.56 bits per heavy atom. The SMILES string of the molecule is CCC(C)(CC)Nc1nc(C(=O)OC)ccc1N. The van der Waals surface area contributed by atoms with Gasteiger partial charge in [0.1, 0.15) is 0 Å². The fourth-order valence-electron chi connectivity index (χ4n) is 1.50. The highest BCUT2D eigenvalue weighted by atomic mass is 16.5. The van der Waals surface area contributed by atoms with Gasteiger partial charge in [0.05, 0.1) is 12.8 Å². The summed E-state index contributed by atoms with van der Waals surface area (Å²) in [7, 11) is 1.33. The minimum atomic E-state index is -0.465. The fourth-order valence-corrected chi connectivity index (χ4v) is 1.50. The van der Waals surface area contributed by atoms with Crippen LogP contribution in [-0.4, -0.2) is 23.6 Å². The number of pyridine rings is 1. The topological polar surface area (TPSA) is 77.2 Å². The zero-order chi connectivity index (χ0) is 13.8. The monoisotopic (exact) mass is 251 g/mol. The fraction of sp³-hybridized carbons (Fsp3) is 0.538. The van der Waals surface area contributed by atoms with Crippen LogP contribution in [0.25, 0.3) is 0 Å². The van der Waals surface area contributed by atoms with Crippen molar-refractivity contribution in [1.82, 2.24) is 4.98 Å². The van der Waals surface area contributed by atoms with E-state index in [1.807, 2.05) is 0 Å². The summed E-state index contributed by atoms with van der Waals surface area (Å²) in [5.41, 5.74) is 6.56. The van der Waals surface area contributed by atoms with Gasteiger partial charge in [0, 0.05) is 5.54 Å². The zero-order valence-electron chi connectivity index (χ0n) is 11.4. The molecule has 0 amide bonds. The van der Waals surface area contributed by atoms with Crippen LogP contribution in [0.5, 0.6) is 0 Å². The maximum atomic E-state index is 11.4. The summed E-state index contributed by atoms with van der Waals surface area (Å²) in [4.78, 5) is 15.6. The molecule has 0 aliphatic rings. The first kappa shape index (κ1) is 14.3. The van der Waals surface area contributed by atoms with Gasteiger partial charge in [-0.2, -0.15) is 0 Å². The molecular formula is C13H21N3O2. The van der Waals surface area contributed by atoms with Gasteiger partial charge in [-0.1, -0.05) is 13.8 Å². The van der Waals surface area contributed by atoms with Crippen LogP contribution in [0.2, 0.25) is 0 Å². The molecule has 100 valence electrons. The molecule has 0 saturated carbocycles. The third-order valence-corrected chi connectivity index (χ3v) is 3.30. The van der Waals surface area contributed by atoms with Crippen LogP contribution in [0.15, 0.2) is 12.1 Å². The number of nitrogen functional groups attached to an aromatic ring is 1. The van der Waals surface area contributed by atoms with E-state index in [4.69, 9.17) is 5.73 Å². The number of methoxy groups -OCH3 is 1. The summed E-state index contributed by atoms with van der Waals surface area (Å²) < 4.78 is 4.64. The molecule has 1 heterocycles. The van der Waals surface area contributed by atoms with E-state index >= 15 is 0 Å². The number of hydrogen-bond donors (Lipinski definition) is 2. The molecule has 0 radical (unpaired) electrons. The van der Waals surface area contributed by atoms with E-state index in [0.29, 0.717) is 11.5 Å². The lowest BCUT2D eigenvalue weighted by molar-refractivity contribution is 0.0594. The molecule has 0 fully saturated rings. The smallest absolute Gasteiger partial charge is 0.356 e. The van der Waals surface area contributed by atoms with Crippen LogP contribution < -0.4 is 11.1 Å². The number of esters is 1. The van der Waals surface area contributed by atoms with Gasteiger partial charge in [-0.3, -0.25) is 0 Å². The predicted molar refractivity (Wildman–Crippen MR) is 72.6 cm³/mol. The van der Waals surface area contributed by atoms with Crippen molar-refractivity contribution in [3.63, 3.8) is 0 Å². The number of hydrogen-bond acceptors (Lipinski definition) is 5. The van der Waals surface area contributed by atoms with Crippen molar-refractivity contribution >= 4 is 17.5 Å². The Hall–Kier alpha value is -1.78. The highest BCUT2D eigenvalue weighted by molar-refractivity contribution is 5.88. The van der Waals surface area contributed by atoms with Crippen molar-refractivity contribution in [2.45, 2.75) is 39.2 Å². The van der Waals surface area contributed by atoms with Gasteiger partial charge in [-0.25, -0.2) is 9.78 Å². The Morgan fingerprint density at radius 1 is 1.44 bits per heavy atom. The molecule has 1 aromatic heterocycles. The van der Waals surface area contributed by atoms with E-state index in [0.717, 1.165) is 12.8 Å². The van der Waals surface area contributed by atoms with E-state index in [-0.39, 0.29) is 11.2 Å². The van der Waals surface area contributed by atoms with Gasteiger partial charge in [0.25, 0.3) is 0 Å². The minimum absolute atomic E-state index is 0.0874. The predicted octanol–water partition coefficient (Wildman–Crippen LogP) is 2.44. The largest absolute Gasteiger partial charge is 0.464 e. The van der Waals surface area contributed by atoms with Crippen molar-refractivity contribution in [2.24, 2.45) is 0 Å². The zero-order valence-corrected chi connectivity index (χ0v) is 11.4. The maximum absolute atomic E-state index is 11.4. The molecule has 0 bridgehead atoms. The van der Waals surface area contributed by atoms with Crippen LogP contribution in [0, 0.1) is 0 Å². The second-order valence-corrected chi connectivity index (χ2v) is 4.52. The van der Waals surface area contributed by atoms with Gasteiger partial charge >= 0.3 is 5.97 Å². The van der Waals surface area contributed by atoms with Crippen LogP contribution in [0.3, 0.4) is 0 Å². The molecule has 0 aromatic carbocycles. The van der Waals surface area contributed by atoms with Crippen LogP contribution in [0.4, 0.5) is 11.5 Å². The molecular weight excluding hydrogens is 230 g/mol. The number of nitrogens with zero attached hydrogens (tertiary/aromatic N) is 1. The Kier molecular flexibility index (Phi) is 4.53. The molecule has 0 spiro atoms. The first-order valence-corrected chi connectivity index (χ1v) is 6.08. The number of rotatable bonds is 5. The first-order valence-electron chi connectivity index (χ1n) is 6.08. The van der Waals surface area contributed by atoms with E-state index in [1.165, 1.54) is 7.11 Å². The summed E-state index contributed by atoms with van der Waals surface area (Å²) in [6, 6.07) is 3.22. The number of anilines is 2. The molecule has 3 N–H and O–H groups in total. The molecule has 18 heavy (non-hydrogen) atoms. The number of ether oxygens (including phenoxy) is 1. The third-order valence-electron chi connectivity index (χ3n) is 3.30. The average molecular weight is 251 g/mol. The normalized spacial score (nSPS) is 11.1. The van der Waals surface area contributed by atoms with Crippen LogP contribution >= 0.6 is 0 Å². The van der Waals surface area contributed by atoms with Crippen LogP contribution in [-0.2, 0) is 4.74 Å². The van der Waals surface area contributed by atoms with E-state index in [2.05, 4.69) is 35.8 Å². The Balaban J connectivity index is 3.04. The van der Waals surface area contributed by atoms with Gasteiger partial charge in [0.2, 0.25) is 0 Å². The number of carbonyl (C=O) groups excluding carboxylic acids is 1. The lowest BCUT2D eigenvalue weighted by Gasteiger charge is -2.29. The first-order chi connectivity index (χ1) is 8.45. The van der Waals surface area contributed by atoms with Crippen molar-refractivity contribution in [3.05, 3.63) is 17.8 Å². The van der Waals surface area contributed by atoms with Crippen molar-refractivity contribution < 1.29 is 9.53 Å². The molecule has 1 aromatic rings. The molecule has 5 nitrogen and oxygen atoms in total. The lowest BCUT2D eigenvalue weighted by atomic mass is 9.95. The second kappa shape index (κ2) is 5.71. The number of nitrogens with two attached hydrogens (primary N) is 1. The standard InChI is InChI=1S/C13H21N3O2/c1-5-13(3,6-2)16-11-9(14)7-8-10(15-11)12(17)18-4/h7-8H,5-6,14H2,1-4H3,(H,15,16). The van der Waals surface area contributed by atoms with Gasteiger partial charge in [-0.05, 0) is 31.9 Å². The van der Waals surface area contributed by atoms with Crippen molar-refractivity contribution in [3.8, 4) is 0 Å². The van der Waals surface area contributed by atoms with Crippen molar-refractivity contribution in [1.29, 1.82) is 0 Å². The van der Waals surface area contributed by atoms with E-state index in [9.17, 15) is 4.79 Å². The molecule has 1 rings (SSSR count). The molecule has 0 aliphatic heterocycles. The van der Waals surface area contributed by atoms with Crippen molar-refractivity contribution in [2.75, 3.05) is 18.2 Å². The van der Waals surface area contributed by atoms with E-state index in [1.54, 1.807) is 12.1 Å². The Labute approximate surface area is 108 Å². The lowest BCUT2D eigenvalue weighted by Crippen LogP contribution is -2.34. The second-order valence-electron chi connectivity index (χ2n) is 4.52. The summed E-state index contributed by atoms with van der Waals surface area (Å²) >= 11 is 0. The summed E-state index contributed by atoms with van der Waals surface area (Å²) in [6.07, 6.45) is 1.88. The van der Waals surface area contributed by atoms with Gasteiger partial charge in [-0.15, -0.1) is 0 Å². The van der Waals surface area contributed by atoms with Crippen LogP contribution in [0.1, 0.15) is 44.1 Å². The maximum Gasteiger partial charge on any atom is 0.356 e. The molecule has 5 heteroatoms. The van der Waals surface area contributed by atoms with Gasteiger partial charge < -0.3 is 15.8 Å². The quantitative estimate of drug-likeness (QED) is 0.786. The third kappa shape index (κ3) is 3.12. The summed E-state index contributed by atoms with van der Waals surface area (Å²) in [5, 5.41) is 3.30.